The van der Waals surface area contributed by atoms with Crippen LogP contribution in [0, 0.1) is 0 Å². The third-order valence-electron chi connectivity index (χ3n) is 0.611. The molecule has 0 aromatic rings. The van der Waals surface area contributed by atoms with Crippen LogP contribution in [0.2, 0.25) is 0 Å². The molecule has 0 saturated heterocycles. The first-order chi connectivity index (χ1) is 3.66. The Labute approximate surface area is 47.3 Å². The predicted octanol–water partition coefficient (Wildman–Crippen LogP) is -0.558. The van der Waals surface area contributed by atoms with Crippen LogP contribution in [0.15, 0.2) is 12.7 Å². The highest BCUT2D eigenvalue weighted by Gasteiger charge is 2.00. The molecule has 0 aliphatic heterocycles. The van der Waals surface area contributed by atoms with Crippen molar-refractivity contribution in [2.45, 2.75) is 12.7 Å². The largest absolute Gasteiger partial charge is 0.368 e. The minimum atomic E-state index is -1.54. The van der Waals surface area contributed by atoms with Gasteiger partial charge in [-0.15, -0.1) is 0 Å². The number of carbonyl (C=O) groups excluding carboxylic acids is 1. The van der Waals surface area contributed by atoms with Crippen LogP contribution < -0.4 is 0 Å². The molecule has 0 atom stereocenters. The lowest BCUT2D eigenvalue weighted by Crippen LogP contribution is -2.09. The van der Waals surface area contributed by atoms with Gasteiger partial charge in [0.25, 0.3) is 0 Å². The third-order valence-corrected chi connectivity index (χ3v) is 0.611. The molecule has 0 amide bonds. The van der Waals surface area contributed by atoms with Gasteiger partial charge in [-0.1, -0.05) is 6.58 Å². The fraction of sp³-hybridized carbons (Fsp3) is 0.400. The summed E-state index contributed by atoms with van der Waals surface area (Å²) in [5.74, 6) is -0.361. The number of aliphatic hydroxyl groups excluding tert-OH is 1. The minimum Gasteiger partial charge on any atom is -0.368 e. The molecule has 0 bridgehead atoms. The molecule has 0 aromatic carbocycles. The molecule has 0 saturated carbocycles. The number of aliphatic hydroxyl groups is 2. The van der Waals surface area contributed by atoms with Gasteiger partial charge in [0.2, 0.25) is 0 Å². The molecular formula is C5H8O3. The summed E-state index contributed by atoms with van der Waals surface area (Å²) in [6.07, 6.45) is -0.747. The van der Waals surface area contributed by atoms with Gasteiger partial charge in [0, 0.05) is 0 Å². The summed E-state index contributed by atoms with van der Waals surface area (Å²) < 4.78 is 0. The summed E-state index contributed by atoms with van der Waals surface area (Å²) in [6, 6.07) is 0. The zero-order valence-electron chi connectivity index (χ0n) is 4.37. The van der Waals surface area contributed by atoms with Crippen LogP contribution in [0.3, 0.4) is 0 Å². The molecule has 46 valence electrons. The lowest BCUT2D eigenvalue weighted by Gasteiger charge is -1.95. The molecule has 0 rings (SSSR count). The van der Waals surface area contributed by atoms with E-state index in [1.54, 1.807) is 0 Å². The van der Waals surface area contributed by atoms with Gasteiger partial charge in [0.15, 0.2) is 12.1 Å². The quantitative estimate of drug-likeness (QED) is 0.384. The monoisotopic (exact) mass is 116 g/mol. The number of hydrogen-bond acceptors (Lipinski definition) is 3. The SMILES string of the molecule is C=CC(=O)CC(O)O. The maximum atomic E-state index is 10.2. The number of allylic oxidation sites excluding steroid dienone is 1. The van der Waals surface area contributed by atoms with Crippen molar-refractivity contribution in [1.82, 2.24) is 0 Å². The van der Waals surface area contributed by atoms with E-state index in [1.807, 2.05) is 0 Å². The van der Waals surface area contributed by atoms with Crippen molar-refractivity contribution in [3.63, 3.8) is 0 Å². The van der Waals surface area contributed by atoms with Crippen molar-refractivity contribution in [3.8, 4) is 0 Å². The Hall–Kier alpha value is -0.670. The van der Waals surface area contributed by atoms with Crippen LogP contribution in [0.1, 0.15) is 6.42 Å². The summed E-state index contributed by atoms with van der Waals surface area (Å²) >= 11 is 0. The molecule has 0 unspecified atom stereocenters. The number of rotatable bonds is 3. The van der Waals surface area contributed by atoms with Gasteiger partial charge in [0.1, 0.15) is 0 Å². The van der Waals surface area contributed by atoms with Crippen molar-refractivity contribution in [3.05, 3.63) is 12.7 Å². The maximum absolute atomic E-state index is 10.2. The summed E-state index contributed by atoms with van der Waals surface area (Å²) in [5.41, 5.74) is 0. The van der Waals surface area contributed by atoms with Crippen molar-refractivity contribution >= 4 is 5.78 Å². The molecule has 0 radical (unpaired) electrons. The molecule has 3 heteroatoms. The molecule has 0 aliphatic rings. The standard InChI is InChI=1S/C5H8O3/c1-2-4(6)3-5(7)8/h2,5,7-8H,1,3H2. The van der Waals surface area contributed by atoms with Gasteiger partial charge in [-0.25, -0.2) is 0 Å². The van der Waals surface area contributed by atoms with Crippen molar-refractivity contribution in [1.29, 1.82) is 0 Å². The van der Waals surface area contributed by atoms with Gasteiger partial charge in [-0.05, 0) is 6.08 Å². The summed E-state index contributed by atoms with van der Waals surface area (Å²) in [4.78, 5) is 10.2. The van der Waals surface area contributed by atoms with Gasteiger partial charge in [-0.2, -0.15) is 0 Å². The van der Waals surface area contributed by atoms with Crippen molar-refractivity contribution in [2.75, 3.05) is 0 Å². The molecule has 3 nitrogen and oxygen atoms in total. The summed E-state index contributed by atoms with van der Waals surface area (Å²) in [6.45, 7) is 3.14. The molecule has 0 aliphatic carbocycles. The summed E-state index contributed by atoms with van der Waals surface area (Å²) in [5, 5.41) is 16.3. The number of ketones is 1. The lowest BCUT2D eigenvalue weighted by molar-refractivity contribution is -0.122. The van der Waals surface area contributed by atoms with E-state index in [2.05, 4.69) is 6.58 Å². The average molecular weight is 116 g/mol. The van der Waals surface area contributed by atoms with Crippen LogP contribution in [0.25, 0.3) is 0 Å². The van der Waals surface area contributed by atoms with E-state index in [0.717, 1.165) is 6.08 Å². The van der Waals surface area contributed by atoms with Crippen molar-refractivity contribution < 1.29 is 15.0 Å². The average Bonchev–Trinajstić information content (AvgIpc) is 1.65. The maximum Gasteiger partial charge on any atom is 0.160 e. The normalized spacial score (nSPS) is 9.38. The number of hydrogen-bond donors (Lipinski definition) is 2. The van der Waals surface area contributed by atoms with Crippen molar-refractivity contribution in [2.24, 2.45) is 0 Å². The Morgan fingerprint density at radius 3 is 2.38 bits per heavy atom. The molecule has 0 spiro atoms. The Kier molecular flexibility index (Phi) is 3.07. The first kappa shape index (κ1) is 7.33. The Morgan fingerprint density at radius 1 is 1.75 bits per heavy atom. The second-order valence-electron chi connectivity index (χ2n) is 1.36. The number of carbonyl (C=O) groups is 1. The molecule has 0 heterocycles. The van der Waals surface area contributed by atoms with Gasteiger partial charge >= 0.3 is 0 Å². The zero-order chi connectivity index (χ0) is 6.57. The highest BCUT2D eigenvalue weighted by Crippen LogP contribution is 1.87. The topological polar surface area (TPSA) is 57.5 Å². The Balaban J connectivity index is 3.39. The predicted molar refractivity (Wildman–Crippen MR) is 28.0 cm³/mol. The van der Waals surface area contributed by atoms with E-state index < -0.39 is 6.29 Å². The first-order valence-corrected chi connectivity index (χ1v) is 2.18. The fourth-order valence-corrected chi connectivity index (χ4v) is 0.263. The minimum absolute atomic E-state index is 0.260. The van der Waals surface area contributed by atoms with E-state index in [4.69, 9.17) is 10.2 Å². The van der Waals surface area contributed by atoms with E-state index in [1.165, 1.54) is 0 Å². The second-order valence-corrected chi connectivity index (χ2v) is 1.36. The van der Waals surface area contributed by atoms with E-state index in [9.17, 15) is 4.79 Å². The van der Waals surface area contributed by atoms with E-state index in [-0.39, 0.29) is 12.2 Å². The molecular weight excluding hydrogens is 108 g/mol. The molecule has 0 aromatic heterocycles. The van der Waals surface area contributed by atoms with Gasteiger partial charge in [-0.3, -0.25) is 4.79 Å². The Bertz CT molecular complexity index is 95.8. The Morgan fingerprint density at radius 2 is 2.25 bits per heavy atom. The van der Waals surface area contributed by atoms with E-state index in [0.29, 0.717) is 0 Å². The highest BCUT2D eigenvalue weighted by molar-refractivity contribution is 5.89. The van der Waals surface area contributed by atoms with Crippen LogP contribution in [-0.2, 0) is 4.79 Å². The molecule has 0 fully saturated rings. The van der Waals surface area contributed by atoms with Crippen LogP contribution in [0.5, 0.6) is 0 Å². The van der Waals surface area contributed by atoms with Gasteiger partial charge < -0.3 is 10.2 Å². The third kappa shape index (κ3) is 3.52. The smallest absolute Gasteiger partial charge is 0.160 e. The first-order valence-electron chi connectivity index (χ1n) is 2.18. The summed E-state index contributed by atoms with van der Waals surface area (Å²) in [7, 11) is 0. The van der Waals surface area contributed by atoms with Crippen LogP contribution in [-0.4, -0.2) is 22.3 Å². The highest BCUT2D eigenvalue weighted by atomic mass is 16.5. The lowest BCUT2D eigenvalue weighted by atomic mass is 10.3. The van der Waals surface area contributed by atoms with Crippen LogP contribution >= 0.6 is 0 Å². The van der Waals surface area contributed by atoms with Gasteiger partial charge in [0.05, 0.1) is 6.42 Å². The fourth-order valence-electron chi connectivity index (χ4n) is 0.263. The molecule has 2 N–H and O–H groups in total. The van der Waals surface area contributed by atoms with Crippen LogP contribution in [0.4, 0.5) is 0 Å². The molecule has 8 heavy (non-hydrogen) atoms. The zero-order valence-corrected chi connectivity index (χ0v) is 4.37. The van der Waals surface area contributed by atoms with E-state index >= 15 is 0 Å². The second kappa shape index (κ2) is 3.35.